The molecule has 1 aliphatic heterocycles. The standard InChI is InChI=1S/C17H22N4O3/c1-12-15(13-6-4-3-5-7-13)19-20(2)16(12)18-17(23)21-8-9-24-11-14(22)10-21/h3-7,14,22H,8-11H2,1-2H3,(H,18,23)/t14-/m1/s1. The van der Waals surface area contributed by atoms with Crippen molar-refractivity contribution in [2.24, 2.45) is 7.05 Å². The lowest BCUT2D eigenvalue weighted by Crippen LogP contribution is -2.40. The Morgan fingerprint density at radius 1 is 1.38 bits per heavy atom. The number of hydrogen-bond acceptors (Lipinski definition) is 4. The third-order valence-electron chi connectivity index (χ3n) is 4.09. The van der Waals surface area contributed by atoms with Gasteiger partial charge in [0.2, 0.25) is 0 Å². The number of amides is 2. The van der Waals surface area contributed by atoms with Crippen LogP contribution in [0.25, 0.3) is 11.3 Å². The molecule has 128 valence electrons. The lowest BCUT2D eigenvalue weighted by molar-refractivity contribution is 0.0575. The topological polar surface area (TPSA) is 79.6 Å². The van der Waals surface area contributed by atoms with Crippen molar-refractivity contribution in [3.05, 3.63) is 35.9 Å². The molecule has 3 rings (SSSR count). The lowest BCUT2D eigenvalue weighted by Gasteiger charge is -2.22. The number of nitrogens with zero attached hydrogens (tertiary/aromatic N) is 3. The summed E-state index contributed by atoms with van der Waals surface area (Å²) in [5.74, 6) is 0.651. The van der Waals surface area contributed by atoms with Crippen molar-refractivity contribution >= 4 is 11.8 Å². The first-order valence-electron chi connectivity index (χ1n) is 7.97. The Morgan fingerprint density at radius 3 is 2.88 bits per heavy atom. The molecule has 7 nitrogen and oxygen atoms in total. The summed E-state index contributed by atoms with van der Waals surface area (Å²) >= 11 is 0. The Balaban J connectivity index is 1.80. The highest BCUT2D eigenvalue weighted by atomic mass is 16.5. The zero-order valence-corrected chi connectivity index (χ0v) is 13.9. The Morgan fingerprint density at radius 2 is 2.12 bits per heavy atom. The highest BCUT2D eigenvalue weighted by molar-refractivity contribution is 5.90. The molecule has 1 aromatic heterocycles. The van der Waals surface area contributed by atoms with Crippen molar-refractivity contribution in [1.82, 2.24) is 14.7 Å². The number of benzene rings is 1. The third-order valence-corrected chi connectivity index (χ3v) is 4.09. The molecule has 1 aliphatic rings. The molecule has 2 aromatic rings. The number of hydrogen-bond donors (Lipinski definition) is 2. The first kappa shape index (κ1) is 16.5. The molecular formula is C17H22N4O3. The summed E-state index contributed by atoms with van der Waals surface area (Å²) in [7, 11) is 1.80. The highest BCUT2D eigenvalue weighted by Gasteiger charge is 2.23. The Hall–Kier alpha value is -2.38. The fourth-order valence-corrected chi connectivity index (χ4v) is 2.83. The number of β-amino-alcohol motifs (C(OH)–C–C–N with tert-alkyl or cyclic N) is 1. The molecule has 1 fully saturated rings. The maximum absolute atomic E-state index is 12.5. The summed E-state index contributed by atoms with van der Waals surface area (Å²) in [5.41, 5.74) is 2.75. The van der Waals surface area contributed by atoms with E-state index in [0.29, 0.717) is 19.0 Å². The van der Waals surface area contributed by atoms with Crippen molar-refractivity contribution in [2.75, 3.05) is 31.6 Å². The first-order chi connectivity index (χ1) is 11.6. The number of aromatic nitrogens is 2. The Kier molecular flexibility index (Phi) is 4.82. The predicted molar refractivity (Wildman–Crippen MR) is 90.8 cm³/mol. The van der Waals surface area contributed by atoms with Gasteiger partial charge in [-0.2, -0.15) is 5.10 Å². The van der Waals surface area contributed by atoms with Gasteiger partial charge in [0.05, 0.1) is 31.6 Å². The van der Waals surface area contributed by atoms with Gasteiger partial charge >= 0.3 is 6.03 Å². The molecule has 2 heterocycles. The minimum absolute atomic E-state index is 0.257. The Bertz CT molecular complexity index is 714. The van der Waals surface area contributed by atoms with Gasteiger partial charge in [-0.05, 0) is 6.92 Å². The van der Waals surface area contributed by atoms with Crippen molar-refractivity contribution in [1.29, 1.82) is 0 Å². The molecule has 1 aromatic carbocycles. The van der Waals surface area contributed by atoms with Crippen LogP contribution in [0.5, 0.6) is 0 Å². The molecule has 0 bridgehead atoms. The van der Waals surface area contributed by atoms with Crippen LogP contribution in [-0.4, -0.2) is 58.2 Å². The number of urea groups is 1. The largest absolute Gasteiger partial charge is 0.389 e. The van der Waals surface area contributed by atoms with Gasteiger partial charge in [-0.1, -0.05) is 30.3 Å². The number of anilines is 1. The van der Waals surface area contributed by atoms with Crippen LogP contribution in [0.1, 0.15) is 5.56 Å². The maximum atomic E-state index is 12.5. The molecule has 2 N–H and O–H groups in total. The summed E-state index contributed by atoms with van der Waals surface area (Å²) in [5, 5.41) is 17.2. The summed E-state index contributed by atoms with van der Waals surface area (Å²) in [4.78, 5) is 14.1. The second-order valence-corrected chi connectivity index (χ2v) is 5.92. The van der Waals surface area contributed by atoms with E-state index in [1.807, 2.05) is 37.3 Å². The average molecular weight is 330 g/mol. The molecule has 0 radical (unpaired) electrons. The maximum Gasteiger partial charge on any atom is 0.323 e. The van der Waals surface area contributed by atoms with E-state index in [1.54, 1.807) is 16.6 Å². The smallest absolute Gasteiger partial charge is 0.323 e. The number of carbonyl (C=O) groups is 1. The Labute approximate surface area is 140 Å². The number of rotatable bonds is 2. The van der Waals surface area contributed by atoms with Gasteiger partial charge in [-0.3, -0.25) is 10.00 Å². The molecule has 0 spiro atoms. The van der Waals surface area contributed by atoms with E-state index in [0.717, 1.165) is 16.8 Å². The molecule has 7 heteroatoms. The van der Waals surface area contributed by atoms with E-state index in [-0.39, 0.29) is 19.2 Å². The molecule has 24 heavy (non-hydrogen) atoms. The molecule has 1 atom stereocenters. The van der Waals surface area contributed by atoms with Gasteiger partial charge in [0.25, 0.3) is 0 Å². The van der Waals surface area contributed by atoms with Crippen molar-refractivity contribution in [2.45, 2.75) is 13.0 Å². The van der Waals surface area contributed by atoms with Gasteiger partial charge in [0.15, 0.2) is 0 Å². The van der Waals surface area contributed by atoms with E-state index >= 15 is 0 Å². The normalized spacial score (nSPS) is 18.3. The van der Waals surface area contributed by atoms with Crippen molar-refractivity contribution in [3.8, 4) is 11.3 Å². The average Bonchev–Trinajstić information content (AvgIpc) is 2.76. The van der Waals surface area contributed by atoms with Crippen LogP contribution in [0.2, 0.25) is 0 Å². The second kappa shape index (κ2) is 7.02. The summed E-state index contributed by atoms with van der Waals surface area (Å²) in [6.45, 7) is 3.32. The summed E-state index contributed by atoms with van der Waals surface area (Å²) in [6, 6.07) is 9.59. The lowest BCUT2D eigenvalue weighted by atomic mass is 10.1. The SMILES string of the molecule is Cc1c(-c2ccccc2)nn(C)c1NC(=O)N1CCOC[C@H](O)C1. The number of aliphatic hydroxyl groups is 1. The van der Waals surface area contributed by atoms with E-state index in [9.17, 15) is 9.90 Å². The minimum Gasteiger partial charge on any atom is -0.389 e. The van der Waals surface area contributed by atoms with E-state index < -0.39 is 6.10 Å². The van der Waals surface area contributed by atoms with Gasteiger partial charge in [0, 0.05) is 24.7 Å². The zero-order chi connectivity index (χ0) is 17.1. The van der Waals surface area contributed by atoms with Crippen LogP contribution in [0.15, 0.2) is 30.3 Å². The molecule has 2 amide bonds. The quantitative estimate of drug-likeness (QED) is 0.877. The number of aliphatic hydroxyl groups excluding tert-OH is 1. The van der Waals surface area contributed by atoms with Crippen LogP contribution in [0.4, 0.5) is 10.6 Å². The highest BCUT2D eigenvalue weighted by Crippen LogP contribution is 2.27. The van der Waals surface area contributed by atoms with Crippen LogP contribution < -0.4 is 5.32 Å². The third kappa shape index (κ3) is 3.42. The van der Waals surface area contributed by atoms with Gasteiger partial charge in [-0.15, -0.1) is 0 Å². The summed E-state index contributed by atoms with van der Waals surface area (Å²) < 4.78 is 6.92. The summed E-state index contributed by atoms with van der Waals surface area (Å²) in [6.07, 6.45) is -0.661. The molecule has 1 saturated heterocycles. The second-order valence-electron chi connectivity index (χ2n) is 5.92. The van der Waals surface area contributed by atoms with E-state index in [2.05, 4.69) is 10.4 Å². The predicted octanol–water partition coefficient (Wildman–Crippen LogP) is 1.62. The fourth-order valence-electron chi connectivity index (χ4n) is 2.83. The van der Waals surface area contributed by atoms with Crippen LogP contribution in [0.3, 0.4) is 0 Å². The van der Waals surface area contributed by atoms with Crippen LogP contribution >= 0.6 is 0 Å². The van der Waals surface area contributed by atoms with Crippen molar-refractivity contribution < 1.29 is 14.6 Å². The van der Waals surface area contributed by atoms with Crippen LogP contribution in [-0.2, 0) is 11.8 Å². The number of carbonyl (C=O) groups excluding carboxylic acids is 1. The van der Waals surface area contributed by atoms with Gasteiger partial charge in [0.1, 0.15) is 5.82 Å². The number of ether oxygens (including phenoxy) is 1. The number of aryl methyl sites for hydroxylation is 1. The minimum atomic E-state index is -0.661. The first-order valence-corrected chi connectivity index (χ1v) is 7.97. The van der Waals surface area contributed by atoms with Gasteiger partial charge < -0.3 is 14.7 Å². The number of nitrogens with one attached hydrogen (secondary N) is 1. The molecule has 0 saturated carbocycles. The molecular weight excluding hydrogens is 308 g/mol. The van der Waals surface area contributed by atoms with Crippen molar-refractivity contribution in [3.63, 3.8) is 0 Å². The van der Waals surface area contributed by atoms with E-state index in [4.69, 9.17) is 4.74 Å². The zero-order valence-electron chi connectivity index (χ0n) is 13.9. The van der Waals surface area contributed by atoms with Crippen LogP contribution in [0, 0.1) is 6.92 Å². The monoisotopic (exact) mass is 330 g/mol. The van der Waals surface area contributed by atoms with Gasteiger partial charge in [-0.25, -0.2) is 4.79 Å². The molecule has 0 unspecified atom stereocenters. The fraction of sp³-hybridized carbons (Fsp3) is 0.412. The van der Waals surface area contributed by atoms with E-state index in [1.165, 1.54) is 0 Å². The molecule has 0 aliphatic carbocycles.